The van der Waals surface area contributed by atoms with Gasteiger partial charge in [-0.2, -0.15) is 0 Å². The molecule has 1 saturated heterocycles. The van der Waals surface area contributed by atoms with Gasteiger partial charge in [-0.15, -0.1) is 0 Å². The van der Waals surface area contributed by atoms with Crippen LogP contribution >= 0.6 is 0 Å². The van der Waals surface area contributed by atoms with Gasteiger partial charge in [0.25, 0.3) is 11.8 Å². The SMILES string of the molecule is NC(=O)c1nc2cccc(C(=O)NCC34CC5CC(CC(C5)C3)C4)n2c1CC(=O)N1CCOCC1. The van der Waals surface area contributed by atoms with Crippen LogP contribution in [0.4, 0.5) is 0 Å². The summed E-state index contributed by atoms with van der Waals surface area (Å²) in [5, 5.41) is 3.21. The zero-order chi connectivity index (χ0) is 24.2. The lowest BCUT2D eigenvalue weighted by atomic mass is 9.49. The predicted octanol–water partition coefficient (Wildman–Crippen LogP) is 1.78. The van der Waals surface area contributed by atoms with E-state index >= 15 is 0 Å². The summed E-state index contributed by atoms with van der Waals surface area (Å²) in [7, 11) is 0. The Bertz CT molecular complexity index is 1150. The van der Waals surface area contributed by atoms with Gasteiger partial charge in [-0.25, -0.2) is 4.98 Å². The van der Waals surface area contributed by atoms with Gasteiger partial charge in [-0.3, -0.25) is 18.8 Å². The number of nitrogens with zero attached hydrogens (tertiary/aromatic N) is 3. The highest BCUT2D eigenvalue weighted by Crippen LogP contribution is 2.59. The zero-order valence-corrected chi connectivity index (χ0v) is 20.0. The number of fused-ring (bicyclic) bond motifs is 1. The number of primary amides is 1. The van der Waals surface area contributed by atoms with Gasteiger partial charge in [0.15, 0.2) is 5.69 Å². The van der Waals surface area contributed by atoms with E-state index in [9.17, 15) is 14.4 Å². The van der Waals surface area contributed by atoms with Crippen molar-refractivity contribution in [2.75, 3.05) is 32.8 Å². The van der Waals surface area contributed by atoms with Crippen molar-refractivity contribution in [3.8, 4) is 0 Å². The van der Waals surface area contributed by atoms with E-state index in [1.165, 1.54) is 38.5 Å². The molecule has 3 N–H and O–H groups in total. The Labute approximate surface area is 204 Å². The highest BCUT2D eigenvalue weighted by atomic mass is 16.5. The molecule has 1 aliphatic heterocycles. The number of hydrogen-bond donors (Lipinski definition) is 2. The van der Waals surface area contributed by atoms with Crippen LogP contribution in [0.1, 0.15) is 65.2 Å². The Morgan fingerprint density at radius 2 is 1.71 bits per heavy atom. The average molecular weight is 480 g/mol. The zero-order valence-electron chi connectivity index (χ0n) is 20.0. The fourth-order valence-electron chi connectivity index (χ4n) is 7.62. The molecule has 5 fully saturated rings. The fourth-order valence-corrected chi connectivity index (χ4v) is 7.62. The summed E-state index contributed by atoms with van der Waals surface area (Å²) >= 11 is 0. The average Bonchev–Trinajstić information content (AvgIpc) is 3.21. The van der Waals surface area contributed by atoms with Gasteiger partial charge < -0.3 is 20.7 Å². The summed E-state index contributed by atoms with van der Waals surface area (Å²) < 4.78 is 6.98. The van der Waals surface area contributed by atoms with E-state index < -0.39 is 5.91 Å². The fraction of sp³-hybridized carbons (Fsp3) is 0.615. The van der Waals surface area contributed by atoms with Crippen molar-refractivity contribution >= 4 is 23.4 Å². The third kappa shape index (κ3) is 4.09. The van der Waals surface area contributed by atoms with Gasteiger partial charge in [-0.05, 0) is 73.8 Å². The lowest BCUT2D eigenvalue weighted by Crippen LogP contribution is -2.51. The number of nitrogens with two attached hydrogens (primary N) is 1. The molecule has 2 aromatic rings. The van der Waals surface area contributed by atoms with Gasteiger partial charge in [0.1, 0.15) is 11.3 Å². The summed E-state index contributed by atoms with van der Waals surface area (Å²) in [6.45, 7) is 2.64. The lowest BCUT2D eigenvalue weighted by Gasteiger charge is -2.56. The second kappa shape index (κ2) is 8.62. The molecule has 0 atom stereocenters. The second-order valence-corrected chi connectivity index (χ2v) is 11.1. The van der Waals surface area contributed by atoms with Crippen molar-refractivity contribution in [3.63, 3.8) is 0 Å². The maximum Gasteiger partial charge on any atom is 0.269 e. The molecular formula is C26H33N5O4. The number of hydrogen-bond acceptors (Lipinski definition) is 5. The van der Waals surface area contributed by atoms with E-state index in [1.807, 2.05) is 0 Å². The summed E-state index contributed by atoms with van der Waals surface area (Å²) in [6.07, 6.45) is 7.64. The van der Waals surface area contributed by atoms with Crippen LogP contribution in [0.2, 0.25) is 0 Å². The van der Waals surface area contributed by atoms with Crippen molar-refractivity contribution in [2.24, 2.45) is 28.9 Å². The van der Waals surface area contributed by atoms with Crippen molar-refractivity contribution in [3.05, 3.63) is 35.3 Å². The maximum atomic E-state index is 13.5. The van der Waals surface area contributed by atoms with Gasteiger partial charge in [0.05, 0.1) is 25.3 Å². The minimum atomic E-state index is -0.710. The number of carbonyl (C=O) groups excluding carboxylic acids is 3. The third-order valence-corrected chi connectivity index (χ3v) is 8.68. The molecule has 3 amide bonds. The normalized spacial score (nSPS) is 29.5. The molecule has 9 heteroatoms. The Morgan fingerprint density at radius 3 is 2.34 bits per heavy atom. The molecule has 4 saturated carbocycles. The van der Waals surface area contributed by atoms with Crippen molar-refractivity contribution in [1.29, 1.82) is 0 Å². The van der Waals surface area contributed by atoms with E-state index in [2.05, 4.69) is 10.3 Å². The van der Waals surface area contributed by atoms with Gasteiger partial charge >= 0.3 is 0 Å². The first kappa shape index (κ1) is 22.5. The van der Waals surface area contributed by atoms with Crippen LogP contribution < -0.4 is 11.1 Å². The summed E-state index contributed by atoms with van der Waals surface area (Å²) in [5.74, 6) is 1.38. The number of morpholine rings is 1. The molecule has 35 heavy (non-hydrogen) atoms. The Morgan fingerprint density at radius 1 is 1.06 bits per heavy atom. The van der Waals surface area contributed by atoms with Crippen LogP contribution in [0.25, 0.3) is 5.65 Å². The monoisotopic (exact) mass is 479 g/mol. The molecular weight excluding hydrogens is 446 g/mol. The van der Waals surface area contributed by atoms with Crippen LogP contribution in [0, 0.1) is 23.2 Å². The first-order chi connectivity index (χ1) is 16.9. The molecule has 5 aliphatic rings. The molecule has 4 bridgehead atoms. The highest BCUT2D eigenvalue weighted by Gasteiger charge is 2.50. The van der Waals surface area contributed by atoms with Crippen molar-refractivity contribution in [1.82, 2.24) is 19.6 Å². The largest absolute Gasteiger partial charge is 0.378 e. The Balaban J connectivity index is 1.27. The molecule has 0 aromatic carbocycles. The number of ether oxygens (including phenoxy) is 1. The van der Waals surface area contributed by atoms with E-state index in [0.29, 0.717) is 49.9 Å². The van der Waals surface area contributed by atoms with Crippen LogP contribution in [-0.4, -0.2) is 64.9 Å². The van der Waals surface area contributed by atoms with E-state index in [1.54, 1.807) is 27.5 Å². The van der Waals surface area contributed by atoms with Gasteiger partial charge in [0.2, 0.25) is 5.91 Å². The minimum absolute atomic E-state index is 0.0351. The summed E-state index contributed by atoms with van der Waals surface area (Å²) in [5.41, 5.74) is 7.04. The standard InChI is InChI=1S/C26H33N5O4/c27-24(33)23-20(11-22(32)30-4-6-35-7-5-30)31-19(2-1-3-21(31)29-23)25(34)28-15-26-12-16-8-17(13-26)10-18(9-16)14-26/h1-3,16-18H,4-15H2,(H2,27,33)(H,28,34). The number of pyridine rings is 1. The number of carbonyl (C=O) groups is 3. The maximum absolute atomic E-state index is 13.5. The van der Waals surface area contributed by atoms with Crippen LogP contribution in [0.15, 0.2) is 18.2 Å². The summed E-state index contributed by atoms with van der Waals surface area (Å²) in [6, 6.07) is 5.20. The molecule has 4 aliphatic carbocycles. The second-order valence-electron chi connectivity index (χ2n) is 11.1. The first-order valence-electron chi connectivity index (χ1n) is 12.8. The summed E-state index contributed by atoms with van der Waals surface area (Å²) in [4.78, 5) is 44.8. The van der Waals surface area contributed by atoms with Crippen molar-refractivity contribution in [2.45, 2.75) is 44.9 Å². The molecule has 0 spiro atoms. The number of amides is 3. The first-order valence-corrected chi connectivity index (χ1v) is 12.8. The molecule has 9 nitrogen and oxygen atoms in total. The predicted molar refractivity (Wildman–Crippen MR) is 128 cm³/mol. The van der Waals surface area contributed by atoms with Crippen LogP contribution in [-0.2, 0) is 16.0 Å². The molecule has 7 rings (SSSR count). The number of aromatic nitrogens is 2. The Kier molecular flexibility index (Phi) is 5.55. The van der Waals surface area contributed by atoms with Gasteiger partial charge in [0, 0.05) is 19.6 Å². The molecule has 3 heterocycles. The quantitative estimate of drug-likeness (QED) is 0.655. The topological polar surface area (TPSA) is 119 Å². The molecule has 186 valence electrons. The number of imidazole rings is 1. The molecule has 2 aromatic heterocycles. The molecule has 0 unspecified atom stereocenters. The Hall–Kier alpha value is -2.94. The van der Waals surface area contributed by atoms with E-state index in [-0.39, 0.29) is 29.3 Å². The number of nitrogens with one attached hydrogen (secondary N) is 1. The van der Waals surface area contributed by atoms with Crippen LogP contribution in [0.3, 0.4) is 0 Å². The van der Waals surface area contributed by atoms with Crippen LogP contribution in [0.5, 0.6) is 0 Å². The minimum Gasteiger partial charge on any atom is -0.378 e. The van der Waals surface area contributed by atoms with E-state index in [4.69, 9.17) is 10.5 Å². The van der Waals surface area contributed by atoms with Crippen molar-refractivity contribution < 1.29 is 19.1 Å². The molecule has 0 radical (unpaired) electrons. The number of rotatable bonds is 6. The lowest BCUT2D eigenvalue weighted by molar-refractivity contribution is -0.134. The van der Waals surface area contributed by atoms with E-state index in [0.717, 1.165) is 17.8 Å². The van der Waals surface area contributed by atoms with Gasteiger partial charge in [-0.1, -0.05) is 6.07 Å². The third-order valence-electron chi connectivity index (χ3n) is 8.68. The smallest absolute Gasteiger partial charge is 0.269 e. The highest BCUT2D eigenvalue weighted by molar-refractivity contribution is 5.97.